The van der Waals surface area contributed by atoms with Gasteiger partial charge >= 0.3 is 0 Å². The number of nitrogens with zero attached hydrogens (tertiary/aromatic N) is 1. The van der Waals surface area contributed by atoms with Gasteiger partial charge in [-0.15, -0.1) is 0 Å². The lowest BCUT2D eigenvalue weighted by Crippen LogP contribution is -2.07. The van der Waals surface area contributed by atoms with Gasteiger partial charge in [0.15, 0.2) is 11.5 Å². The highest BCUT2D eigenvalue weighted by Crippen LogP contribution is 2.30. The summed E-state index contributed by atoms with van der Waals surface area (Å²) in [6.45, 7) is 4.26. The van der Waals surface area contributed by atoms with Crippen LogP contribution in [0.1, 0.15) is 25.0 Å². The van der Waals surface area contributed by atoms with Crippen LogP contribution in [0.15, 0.2) is 54.7 Å². The highest BCUT2D eigenvalue weighted by atomic mass is 16.6. The molecule has 2 aromatic carbocycles. The maximum Gasteiger partial charge on any atom is 0.235 e. The van der Waals surface area contributed by atoms with E-state index >= 15 is 0 Å². The molecule has 23 heavy (non-hydrogen) atoms. The molecule has 0 aromatic heterocycles. The first-order valence-electron chi connectivity index (χ1n) is 7.33. The quantitative estimate of drug-likeness (QED) is 0.565. The van der Waals surface area contributed by atoms with E-state index in [1.165, 1.54) is 6.08 Å². The van der Waals surface area contributed by atoms with Crippen LogP contribution in [0.2, 0.25) is 0 Å². The number of benzene rings is 2. The fourth-order valence-electron chi connectivity index (χ4n) is 1.97. The van der Waals surface area contributed by atoms with Crippen LogP contribution in [0, 0.1) is 10.1 Å². The van der Waals surface area contributed by atoms with Crippen molar-refractivity contribution in [1.82, 2.24) is 0 Å². The van der Waals surface area contributed by atoms with Gasteiger partial charge in [-0.1, -0.05) is 36.4 Å². The highest BCUT2D eigenvalue weighted by Gasteiger charge is 2.08. The monoisotopic (exact) mass is 313 g/mol. The minimum Gasteiger partial charge on any atom is -0.487 e. The summed E-state index contributed by atoms with van der Waals surface area (Å²) in [4.78, 5) is 9.95. The second-order valence-corrected chi connectivity index (χ2v) is 5.25. The Morgan fingerprint density at radius 1 is 1.13 bits per heavy atom. The summed E-state index contributed by atoms with van der Waals surface area (Å²) >= 11 is 0. The molecule has 0 bridgehead atoms. The average Bonchev–Trinajstić information content (AvgIpc) is 2.53. The van der Waals surface area contributed by atoms with Gasteiger partial charge in [-0.05, 0) is 37.1 Å². The molecule has 2 aromatic rings. The van der Waals surface area contributed by atoms with Crippen LogP contribution in [0.5, 0.6) is 11.5 Å². The van der Waals surface area contributed by atoms with Crippen LogP contribution in [0.25, 0.3) is 6.08 Å². The van der Waals surface area contributed by atoms with Crippen molar-refractivity contribution in [2.45, 2.75) is 26.6 Å². The van der Waals surface area contributed by atoms with E-state index in [-0.39, 0.29) is 6.10 Å². The number of ether oxygens (including phenoxy) is 2. The van der Waals surface area contributed by atoms with E-state index < -0.39 is 4.92 Å². The van der Waals surface area contributed by atoms with Gasteiger partial charge in [0.1, 0.15) is 6.61 Å². The van der Waals surface area contributed by atoms with Crippen LogP contribution in [0.4, 0.5) is 0 Å². The number of rotatable bonds is 7. The molecule has 0 aliphatic carbocycles. The number of hydrogen-bond acceptors (Lipinski definition) is 4. The summed E-state index contributed by atoms with van der Waals surface area (Å²) < 4.78 is 11.6. The van der Waals surface area contributed by atoms with Gasteiger partial charge in [0, 0.05) is 6.08 Å². The van der Waals surface area contributed by atoms with Crippen LogP contribution in [-0.2, 0) is 6.61 Å². The summed E-state index contributed by atoms with van der Waals surface area (Å²) in [5.74, 6) is 1.18. The third kappa shape index (κ3) is 5.47. The van der Waals surface area contributed by atoms with Crippen molar-refractivity contribution in [3.63, 3.8) is 0 Å². The Morgan fingerprint density at radius 3 is 2.52 bits per heavy atom. The van der Waals surface area contributed by atoms with Gasteiger partial charge in [0.25, 0.3) is 0 Å². The summed E-state index contributed by atoms with van der Waals surface area (Å²) in [6, 6.07) is 15.0. The Balaban J connectivity index is 2.21. The zero-order chi connectivity index (χ0) is 16.7. The molecule has 0 radical (unpaired) electrons. The minimum absolute atomic E-state index is 0.00856. The van der Waals surface area contributed by atoms with Gasteiger partial charge < -0.3 is 9.47 Å². The van der Waals surface area contributed by atoms with Gasteiger partial charge in [-0.3, -0.25) is 10.1 Å². The molecule has 0 aliphatic heterocycles. The maximum absolute atomic E-state index is 10.4. The van der Waals surface area contributed by atoms with E-state index in [0.29, 0.717) is 23.7 Å². The van der Waals surface area contributed by atoms with Crippen molar-refractivity contribution in [2.24, 2.45) is 0 Å². The fourth-order valence-corrected chi connectivity index (χ4v) is 1.97. The molecule has 5 nitrogen and oxygen atoms in total. The van der Waals surface area contributed by atoms with Crippen LogP contribution < -0.4 is 9.47 Å². The molecule has 0 aliphatic rings. The predicted molar refractivity (Wildman–Crippen MR) is 89.0 cm³/mol. The van der Waals surface area contributed by atoms with E-state index in [0.717, 1.165) is 11.8 Å². The Kier molecular flexibility index (Phi) is 5.74. The summed E-state index contributed by atoms with van der Waals surface area (Å²) in [5.41, 5.74) is 1.72. The molecule has 0 atom stereocenters. The van der Waals surface area contributed by atoms with Crippen molar-refractivity contribution < 1.29 is 14.4 Å². The molecule has 0 fully saturated rings. The van der Waals surface area contributed by atoms with Gasteiger partial charge in [-0.2, -0.15) is 0 Å². The fraction of sp³-hybridized carbons (Fsp3) is 0.222. The maximum atomic E-state index is 10.4. The SMILES string of the molecule is CC(C)Oc1ccc(C=C[N+](=O)[O-])cc1OCc1ccccc1. The third-order valence-electron chi connectivity index (χ3n) is 2.96. The molecule has 0 spiro atoms. The van der Waals surface area contributed by atoms with E-state index in [1.54, 1.807) is 18.2 Å². The molecule has 120 valence electrons. The molecular weight excluding hydrogens is 294 g/mol. The highest BCUT2D eigenvalue weighted by molar-refractivity contribution is 5.55. The Labute approximate surface area is 135 Å². The zero-order valence-electron chi connectivity index (χ0n) is 13.1. The lowest BCUT2D eigenvalue weighted by Gasteiger charge is -2.15. The summed E-state index contributed by atoms with van der Waals surface area (Å²) in [6.07, 6.45) is 2.34. The Hall–Kier alpha value is -2.82. The number of hydrogen-bond donors (Lipinski definition) is 0. The first-order chi connectivity index (χ1) is 11.0. The second kappa shape index (κ2) is 7.98. The Morgan fingerprint density at radius 2 is 1.87 bits per heavy atom. The molecule has 2 rings (SSSR count). The molecule has 0 heterocycles. The lowest BCUT2D eigenvalue weighted by molar-refractivity contribution is -0.400. The van der Waals surface area contributed by atoms with E-state index in [9.17, 15) is 10.1 Å². The predicted octanol–water partition coefficient (Wildman–Crippen LogP) is 4.30. The molecule has 0 saturated carbocycles. The van der Waals surface area contributed by atoms with Crippen molar-refractivity contribution in [2.75, 3.05) is 0 Å². The third-order valence-corrected chi connectivity index (χ3v) is 2.96. The largest absolute Gasteiger partial charge is 0.487 e. The average molecular weight is 313 g/mol. The van der Waals surface area contributed by atoms with E-state index in [2.05, 4.69) is 0 Å². The smallest absolute Gasteiger partial charge is 0.235 e. The van der Waals surface area contributed by atoms with Gasteiger partial charge in [0.2, 0.25) is 6.20 Å². The standard InChI is InChI=1S/C18H19NO4/c1-14(2)23-17-9-8-15(10-11-19(20)21)12-18(17)22-13-16-6-4-3-5-7-16/h3-12,14H,13H2,1-2H3. The topological polar surface area (TPSA) is 61.6 Å². The zero-order valence-corrected chi connectivity index (χ0v) is 13.1. The lowest BCUT2D eigenvalue weighted by atomic mass is 10.2. The van der Waals surface area contributed by atoms with Crippen molar-refractivity contribution in [1.29, 1.82) is 0 Å². The Bertz CT molecular complexity index is 681. The van der Waals surface area contributed by atoms with E-state index in [4.69, 9.17) is 9.47 Å². The van der Waals surface area contributed by atoms with E-state index in [1.807, 2.05) is 44.2 Å². The molecule has 0 saturated heterocycles. The molecule has 0 N–H and O–H groups in total. The van der Waals surface area contributed by atoms with Crippen molar-refractivity contribution in [3.05, 3.63) is 76.0 Å². The first-order valence-corrected chi connectivity index (χ1v) is 7.33. The minimum atomic E-state index is -0.497. The van der Waals surface area contributed by atoms with Gasteiger partial charge in [0.05, 0.1) is 11.0 Å². The molecule has 0 amide bonds. The summed E-state index contributed by atoms with van der Waals surface area (Å²) in [7, 11) is 0. The first kappa shape index (κ1) is 16.5. The number of nitro groups is 1. The van der Waals surface area contributed by atoms with Crippen molar-refractivity contribution >= 4 is 6.08 Å². The summed E-state index contributed by atoms with van der Waals surface area (Å²) in [5, 5.41) is 10.4. The molecule has 0 unspecified atom stereocenters. The van der Waals surface area contributed by atoms with Crippen molar-refractivity contribution in [3.8, 4) is 11.5 Å². The van der Waals surface area contributed by atoms with Crippen LogP contribution >= 0.6 is 0 Å². The second-order valence-electron chi connectivity index (χ2n) is 5.25. The van der Waals surface area contributed by atoms with Gasteiger partial charge in [-0.25, -0.2) is 0 Å². The molecular formula is C18H19NO4. The normalized spacial score (nSPS) is 10.9. The molecule has 5 heteroatoms. The van der Waals surface area contributed by atoms with Crippen LogP contribution in [-0.4, -0.2) is 11.0 Å². The van der Waals surface area contributed by atoms with Crippen LogP contribution in [0.3, 0.4) is 0 Å².